The number of hydrogen-bond acceptors (Lipinski definition) is 2. The second kappa shape index (κ2) is 7.77. The lowest BCUT2D eigenvalue weighted by Crippen LogP contribution is -2.50. The summed E-state index contributed by atoms with van der Waals surface area (Å²) < 4.78 is 0.444. The molecule has 0 saturated heterocycles. The summed E-state index contributed by atoms with van der Waals surface area (Å²) in [5.41, 5.74) is 3.44. The van der Waals surface area contributed by atoms with Crippen molar-refractivity contribution in [3.63, 3.8) is 0 Å². The van der Waals surface area contributed by atoms with E-state index in [1.165, 1.54) is 50.5 Å². The van der Waals surface area contributed by atoms with Crippen molar-refractivity contribution < 1.29 is 4.84 Å². The van der Waals surface area contributed by atoms with E-state index in [4.69, 9.17) is 4.84 Å². The predicted octanol–water partition coefficient (Wildman–Crippen LogP) is 7.33. The summed E-state index contributed by atoms with van der Waals surface area (Å²) in [4.78, 5) is 5.69. The minimum Gasteiger partial charge on any atom is -0.391 e. The first-order valence-corrected chi connectivity index (χ1v) is 12.0. The van der Waals surface area contributed by atoms with Crippen LogP contribution in [0.4, 0.5) is 0 Å². The summed E-state index contributed by atoms with van der Waals surface area (Å²) >= 11 is 2.68. The molecule has 1 aromatic carbocycles. The lowest BCUT2D eigenvalue weighted by Gasteiger charge is -2.58. The van der Waals surface area contributed by atoms with Crippen molar-refractivity contribution in [3.05, 3.63) is 47.5 Å². The van der Waals surface area contributed by atoms with Gasteiger partial charge in [-0.15, -0.1) is 0 Å². The van der Waals surface area contributed by atoms with Gasteiger partial charge in [0.2, 0.25) is 0 Å². The van der Waals surface area contributed by atoms with Crippen molar-refractivity contribution in [1.29, 1.82) is 0 Å². The van der Waals surface area contributed by atoms with E-state index in [9.17, 15) is 0 Å². The molecule has 1 aromatic rings. The fraction of sp³-hybridized carbons (Fsp3) is 0.640. The lowest BCUT2D eigenvalue weighted by molar-refractivity contribution is 0.0159. The van der Waals surface area contributed by atoms with Crippen LogP contribution in [0.1, 0.15) is 71.3 Å². The van der Waals surface area contributed by atoms with Gasteiger partial charge in [-0.3, -0.25) is 0 Å². The second-order valence-electron chi connectivity index (χ2n) is 10.1. The van der Waals surface area contributed by atoms with Gasteiger partial charge in [-0.1, -0.05) is 96.9 Å². The Morgan fingerprint density at radius 1 is 1.14 bits per heavy atom. The molecule has 0 aliphatic heterocycles. The predicted molar refractivity (Wildman–Crippen MR) is 126 cm³/mol. The molecule has 0 aromatic heterocycles. The number of fused-ring (bicyclic) bond motifs is 3. The minimum absolute atomic E-state index is 0.139. The topological polar surface area (TPSA) is 21.6 Å². The molecule has 0 heterocycles. The first-order chi connectivity index (χ1) is 13.3. The van der Waals surface area contributed by atoms with E-state index in [1.807, 2.05) is 18.2 Å². The van der Waals surface area contributed by atoms with Gasteiger partial charge in [0.1, 0.15) is 6.61 Å². The molecule has 152 valence electrons. The van der Waals surface area contributed by atoms with Crippen molar-refractivity contribution in [2.45, 2.75) is 75.7 Å². The highest BCUT2D eigenvalue weighted by molar-refractivity contribution is 14.1. The molecular formula is C25H34INO. The molecule has 4 rings (SSSR count). The van der Waals surface area contributed by atoms with Crippen molar-refractivity contribution in [1.82, 2.24) is 0 Å². The van der Waals surface area contributed by atoms with Crippen LogP contribution in [0.3, 0.4) is 0 Å². The normalized spacial score (nSPS) is 40.5. The van der Waals surface area contributed by atoms with Crippen LogP contribution in [0.15, 0.2) is 47.1 Å². The Morgan fingerprint density at radius 3 is 2.71 bits per heavy atom. The number of nitrogens with zero attached hydrogens (tertiary/aromatic N) is 1. The molecule has 28 heavy (non-hydrogen) atoms. The van der Waals surface area contributed by atoms with Crippen LogP contribution in [0.25, 0.3) is 0 Å². The number of alkyl halides is 1. The van der Waals surface area contributed by atoms with Gasteiger partial charge in [-0.2, -0.15) is 0 Å². The molecule has 2 unspecified atom stereocenters. The second-order valence-corrected chi connectivity index (χ2v) is 12.7. The van der Waals surface area contributed by atoms with Crippen LogP contribution in [0.2, 0.25) is 0 Å². The van der Waals surface area contributed by atoms with E-state index in [-0.39, 0.29) is 5.41 Å². The third-order valence-corrected chi connectivity index (χ3v) is 8.68. The Balaban J connectivity index is 1.50. The number of halogens is 1. The number of allylic oxidation sites excluding steroid dienone is 2. The highest BCUT2D eigenvalue weighted by Crippen LogP contribution is 2.63. The fourth-order valence-electron chi connectivity index (χ4n) is 6.43. The zero-order valence-corrected chi connectivity index (χ0v) is 19.7. The Bertz CT molecular complexity index is 755. The number of oxime groups is 1. The molecule has 2 saturated carbocycles. The van der Waals surface area contributed by atoms with Gasteiger partial charge < -0.3 is 4.84 Å². The summed E-state index contributed by atoms with van der Waals surface area (Å²) in [6, 6.07) is 10.3. The molecule has 2 fully saturated rings. The largest absolute Gasteiger partial charge is 0.391 e. The molecule has 0 amide bonds. The molecule has 0 radical (unpaired) electrons. The van der Waals surface area contributed by atoms with Crippen molar-refractivity contribution in [2.24, 2.45) is 27.8 Å². The molecule has 3 aliphatic carbocycles. The van der Waals surface area contributed by atoms with E-state index < -0.39 is 0 Å². The van der Waals surface area contributed by atoms with E-state index in [1.54, 1.807) is 5.57 Å². The van der Waals surface area contributed by atoms with Crippen LogP contribution < -0.4 is 0 Å². The molecule has 0 spiro atoms. The van der Waals surface area contributed by atoms with Crippen LogP contribution in [0, 0.1) is 22.7 Å². The third-order valence-electron chi connectivity index (χ3n) is 7.80. The zero-order chi connectivity index (χ0) is 19.8. The van der Waals surface area contributed by atoms with Crippen LogP contribution >= 0.6 is 22.6 Å². The average Bonchev–Trinajstić information content (AvgIpc) is 2.65. The van der Waals surface area contributed by atoms with Crippen molar-refractivity contribution in [2.75, 3.05) is 0 Å². The lowest BCUT2D eigenvalue weighted by atomic mass is 9.47. The first-order valence-electron chi connectivity index (χ1n) is 10.9. The highest BCUT2D eigenvalue weighted by atomic mass is 127. The van der Waals surface area contributed by atoms with Gasteiger partial charge in [0.05, 0.1) is 0 Å². The Labute approximate surface area is 184 Å². The van der Waals surface area contributed by atoms with Gasteiger partial charge >= 0.3 is 0 Å². The fourth-order valence-corrected chi connectivity index (χ4v) is 7.18. The minimum atomic E-state index is 0.139. The summed E-state index contributed by atoms with van der Waals surface area (Å²) in [6.45, 7) is 7.96. The first kappa shape index (κ1) is 20.4. The zero-order valence-electron chi connectivity index (χ0n) is 17.6. The quantitative estimate of drug-likeness (QED) is 0.142. The standard InChI is InChI=1S/C25H34INO/c1-23(18-27-28-17-19-8-5-4-6-9-19)13-7-14-25(3)21-12-15-24(2,26)16-20(21)10-11-22(23)25/h4-6,8-9,12,18,20,22H,7,10-11,13-17H2,1-3H3/b27-18+/t20?,22?,23-,24-,25-/m0/s1. The number of hydrogen-bond donors (Lipinski definition) is 0. The average molecular weight is 491 g/mol. The van der Waals surface area contributed by atoms with Crippen LogP contribution in [-0.2, 0) is 11.4 Å². The number of rotatable bonds is 4. The van der Waals surface area contributed by atoms with Gasteiger partial charge in [0.25, 0.3) is 0 Å². The van der Waals surface area contributed by atoms with E-state index in [0.717, 1.165) is 5.92 Å². The van der Waals surface area contributed by atoms with E-state index >= 15 is 0 Å². The molecule has 3 aliphatic rings. The maximum Gasteiger partial charge on any atom is 0.142 e. The van der Waals surface area contributed by atoms with Gasteiger partial charge in [0, 0.05) is 15.1 Å². The van der Waals surface area contributed by atoms with Crippen LogP contribution in [0.5, 0.6) is 0 Å². The van der Waals surface area contributed by atoms with Gasteiger partial charge in [0.15, 0.2) is 0 Å². The molecular weight excluding hydrogens is 457 g/mol. The van der Waals surface area contributed by atoms with Gasteiger partial charge in [-0.25, -0.2) is 0 Å². The van der Waals surface area contributed by atoms with E-state index in [0.29, 0.717) is 21.4 Å². The summed E-state index contributed by atoms with van der Waals surface area (Å²) in [5, 5.41) is 4.47. The monoisotopic (exact) mass is 491 g/mol. The molecule has 0 bridgehead atoms. The Morgan fingerprint density at radius 2 is 1.93 bits per heavy atom. The highest BCUT2D eigenvalue weighted by Gasteiger charge is 2.54. The van der Waals surface area contributed by atoms with E-state index in [2.05, 4.69) is 72.9 Å². The summed E-state index contributed by atoms with van der Waals surface area (Å²) in [5.74, 6) is 1.48. The molecule has 3 heteroatoms. The molecule has 5 atom stereocenters. The smallest absolute Gasteiger partial charge is 0.142 e. The third kappa shape index (κ3) is 3.93. The van der Waals surface area contributed by atoms with Crippen molar-refractivity contribution >= 4 is 28.8 Å². The maximum atomic E-state index is 5.69. The van der Waals surface area contributed by atoms with Crippen molar-refractivity contribution in [3.8, 4) is 0 Å². The SMILES string of the molecule is C[C@]1(I)CC=C2C(CCC3[C@@]2(C)CCC[C@@]3(C)/C=N/OCc2ccccc2)C1. The molecule has 2 nitrogen and oxygen atoms in total. The number of benzene rings is 1. The summed E-state index contributed by atoms with van der Waals surface area (Å²) in [7, 11) is 0. The van der Waals surface area contributed by atoms with Crippen LogP contribution in [-0.4, -0.2) is 9.64 Å². The molecule has 0 N–H and O–H groups in total. The summed E-state index contributed by atoms with van der Waals surface area (Å²) in [6.07, 6.45) is 13.9. The Hall–Kier alpha value is -0.840. The maximum absolute atomic E-state index is 5.69. The van der Waals surface area contributed by atoms with Gasteiger partial charge in [-0.05, 0) is 61.3 Å². The Kier molecular flexibility index (Phi) is 5.67.